The van der Waals surface area contributed by atoms with Gasteiger partial charge in [-0.2, -0.15) is 0 Å². The van der Waals surface area contributed by atoms with Crippen molar-refractivity contribution in [1.29, 1.82) is 0 Å². The first-order valence-electron chi connectivity index (χ1n) is 24.7. The van der Waals surface area contributed by atoms with Crippen LogP contribution in [-0.2, 0) is 37.5 Å². The first kappa shape index (κ1) is 59.4. The van der Waals surface area contributed by atoms with Gasteiger partial charge in [-0.15, -0.1) is 0 Å². The molecule has 0 aromatic heterocycles. The van der Waals surface area contributed by atoms with Crippen molar-refractivity contribution < 1.29 is 47.5 Å². The van der Waals surface area contributed by atoms with Crippen LogP contribution in [0.5, 0.6) is 0 Å². The zero-order valence-electron chi connectivity index (χ0n) is 39.2. The second kappa shape index (κ2) is 45.0. The highest BCUT2D eigenvalue weighted by molar-refractivity contribution is 7.47. The van der Waals surface area contributed by atoms with Crippen LogP contribution >= 0.6 is 7.82 Å². The third kappa shape index (κ3) is 44.1. The third-order valence-corrected chi connectivity index (χ3v) is 11.5. The molecule has 0 aliphatic carbocycles. The molecule has 0 fully saturated rings. The van der Waals surface area contributed by atoms with E-state index in [1.54, 1.807) is 0 Å². The fraction of sp³-hybridized carbons (Fsp3) is 0.780. The van der Waals surface area contributed by atoms with Crippen molar-refractivity contribution in [2.75, 3.05) is 19.8 Å². The number of carboxylic acid groups (broad SMARTS) is 1. The lowest BCUT2D eigenvalue weighted by molar-refractivity contribution is -0.161. The molecule has 3 atom stereocenters. The maximum absolute atomic E-state index is 12.7. The molecule has 0 rings (SSSR count). The van der Waals surface area contributed by atoms with Crippen LogP contribution in [-0.4, -0.2) is 59.9 Å². The predicted octanol–water partition coefficient (Wildman–Crippen LogP) is 13.7. The summed E-state index contributed by atoms with van der Waals surface area (Å²) < 4.78 is 32.8. The normalized spacial score (nSPS) is 14.0. The molecular weight excluding hydrogens is 806 g/mol. The summed E-state index contributed by atoms with van der Waals surface area (Å²) in [5, 5.41) is 8.91. The van der Waals surface area contributed by atoms with E-state index in [9.17, 15) is 23.8 Å². The number of esters is 2. The summed E-state index contributed by atoms with van der Waals surface area (Å²) in [6, 6.07) is -1.53. The number of phosphoric ester groups is 1. The summed E-state index contributed by atoms with van der Waals surface area (Å²) >= 11 is 0. The minimum Gasteiger partial charge on any atom is -0.480 e. The van der Waals surface area contributed by atoms with Gasteiger partial charge in [-0.3, -0.25) is 23.4 Å². The Morgan fingerprint density at radius 3 is 1.31 bits per heavy atom. The number of nitrogens with two attached hydrogens (primary N) is 1. The largest absolute Gasteiger partial charge is 0.480 e. The first-order chi connectivity index (χ1) is 30.1. The van der Waals surface area contributed by atoms with Crippen LogP contribution in [0, 0.1) is 0 Å². The molecule has 0 bridgehead atoms. The van der Waals surface area contributed by atoms with Crippen molar-refractivity contribution in [1.82, 2.24) is 0 Å². The van der Waals surface area contributed by atoms with E-state index < -0.39 is 51.1 Å². The van der Waals surface area contributed by atoms with Gasteiger partial charge in [-0.1, -0.05) is 197 Å². The molecule has 12 heteroatoms. The van der Waals surface area contributed by atoms with Gasteiger partial charge in [-0.25, -0.2) is 4.57 Å². The zero-order valence-corrected chi connectivity index (χ0v) is 40.1. The molecule has 0 spiro atoms. The number of allylic oxidation sites excluding steroid dienone is 8. The number of hydrogen-bond acceptors (Lipinski definition) is 9. The van der Waals surface area contributed by atoms with Gasteiger partial charge in [0.15, 0.2) is 6.10 Å². The summed E-state index contributed by atoms with van der Waals surface area (Å²) in [5.41, 5.74) is 5.34. The number of unbranched alkanes of at least 4 members (excludes halogenated alkanes) is 24. The molecule has 0 radical (unpaired) electrons. The molecule has 0 heterocycles. The SMILES string of the molecule is CCCCC/C=C/C/C=C/C/C=C/C/C=C/CCCCCC(=O)O[C@H](COC(=O)CCCCCCCCCCCCCCCCCCCCC)COP(=O)(O)OC[C@H](N)C(=O)O. The van der Waals surface area contributed by atoms with Gasteiger partial charge in [0.1, 0.15) is 12.6 Å². The fourth-order valence-corrected chi connectivity index (χ4v) is 7.47. The van der Waals surface area contributed by atoms with Crippen molar-refractivity contribution in [3.05, 3.63) is 48.6 Å². The van der Waals surface area contributed by atoms with E-state index in [2.05, 4.69) is 67.0 Å². The Kier molecular flexibility index (Phi) is 43.2. The van der Waals surface area contributed by atoms with E-state index in [4.69, 9.17) is 24.8 Å². The van der Waals surface area contributed by atoms with Crippen LogP contribution < -0.4 is 5.73 Å². The van der Waals surface area contributed by atoms with Gasteiger partial charge in [0.2, 0.25) is 0 Å². The van der Waals surface area contributed by atoms with Gasteiger partial charge in [0.25, 0.3) is 0 Å². The van der Waals surface area contributed by atoms with E-state index in [1.165, 1.54) is 122 Å². The van der Waals surface area contributed by atoms with Gasteiger partial charge >= 0.3 is 25.7 Å². The average molecular weight is 896 g/mol. The molecule has 0 saturated carbocycles. The Bertz CT molecular complexity index is 1240. The lowest BCUT2D eigenvalue weighted by Crippen LogP contribution is -2.34. The molecule has 0 aromatic carbocycles. The minimum absolute atomic E-state index is 0.124. The zero-order chi connectivity index (χ0) is 45.6. The molecule has 4 N–H and O–H groups in total. The van der Waals surface area contributed by atoms with Crippen molar-refractivity contribution in [3.8, 4) is 0 Å². The summed E-state index contributed by atoms with van der Waals surface area (Å²) in [7, 11) is -4.73. The van der Waals surface area contributed by atoms with Crippen LogP contribution in [0.2, 0.25) is 0 Å². The average Bonchev–Trinajstić information content (AvgIpc) is 3.25. The number of carboxylic acids is 1. The fourth-order valence-electron chi connectivity index (χ4n) is 6.70. The number of rotatable bonds is 46. The molecule has 11 nitrogen and oxygen atoms in total. The number of carbonyl (C=O) groups excluding carboxylic acids is 2. The number of aliphatic carboxylic acids is 1. The van der Waals surface area contributed by atoms with E-state index in [-0.39, 0.29) is 19.4 Å². The maximum Gasteiger partial charge on any atom is 0.472 e. The van der Waals surface area contributed by atoms with Gasteiger partial charge in [-0.05, 0) is 57.8 Å². The monoisotopic (exact) mass is 896 g/mol. The topological polar surface area (TPSA) is 172 Å². The molecule has 0 amide bonds. The van der Waals surface area contributed by atoms with Crippen molar-refractivity contribution in [2.45, 2.75) is 231 Å². The van der Waals surface area contributed by atoms with Gasteiger partial charge in [0.05, 0.1) is 13.2 Å². The summed E-state index contributed by atoms with van der Waals surface area (Å²) in [4.78, 5) is 46.1. The highest BCUT2D eigenvalue weighted by Crippen LogP contribution is 2.43. The molecule has 0 aliphatic heterocycles. The van der Waals surface area contributed by atoms with Crippen LogP contribution in [0.15, 0.2) is 48.6 Å². The first-order valence-corrected chi connectivity index (χ1v) is 26.2. The molecule has 62 heavy (non-hydrogen) atoms. The van der Waals surface area contributed by atoms with Gasteiger partial charge < -0.3 is 25.2 Å². The summed E-state index contributed by atoms with van der Waals surface area (Å²) in [5.74, 6) is -2.41. The molecule has 360 valence electrons. The van der Waals surface area contributed by atoms with Crippen molar-refractivity contribution in [2.24, 2.45) is 5.73 Å². The number of ether oxygens (including phenoxy) is 2. The minimum atomic E-state index is -4.73. The van der Waals surface area contributed by atoms with Crippen LogP contribution in [0.4, 0.5) is 0 Å². The van der Waals surface area contributed by atoms with E-state index in [0.717, 1.165) is 57.8 Å². The molecule has 0 saturated heterocycles. The Hall–Kier alpha value is -2.56. The third-order valence-electron chi connectivity index (χ3n) is 10.6. The molecule has 0 aliphatic rings. The van der Waals surface area contributed by atoms with Gasteiger partial charge in [0, 0.05) is 12.8 Å². The lowest BCUT2D eigenvalue weighted by Gasteiger charge is -2.20. The van der Waals surface area contributed by atoms with Crippen LogP contribution in [0.25, 0.3) is 0 Å². The predicted molar refractivity (Wildman–Crippen MR) is 254 cm³/mol. The van der Waals surface area contributed by atoms with E-state index in [0.29, 0.717) is 12.8 Å². The molecular formula is C50H90NO10P. The second-order valence-corrected chi connectivity index (χ2v) is 18.1. The van der Waals surface area contributed by atoms with Crippen LogP contribution in [0.3, 0.4) is 0 Å². The van der Waals surface area contributed by atoms with Crippen molar-refractivity contribution in [3.63, 3.8) is 0 Å². The number of carbonyl (C=O) groups is 3. The van der Waals surface area contributed by atoms with Crippen LogP contribution in [0.1, 0.15) is 219 Å². The molecule has 0 aromatic rings. The standard InChI is InChI=1S/C50H90NO10P/c1-3-5-7-9-11-13-15-17-19-21-23-25-27-29-31-33-35-37-39-41-48(52)58-43-46(44-59-62(56,57)60-45-47(51)50(54)55)61-49(53)42-40-38-36-34-32-30-28-26-24-22-20-18-16-14-12-10-8-6-4-2/h12,14,18,20,24,26,30,32,46-47H,3-11,13,15-17,19,21-23,25,27-29,31,33-45,51H2,1-2H3,(H,54,55)(H,56,57)/b14-12+,20-18+,26-24+,32-30+/t46-,47+/m1/s1. The highest BCUT2D eigenvalue weighted by Gasteiger charge is 2.28. The summed E-state index contributed by atoms with van der Waals surface area (Å²) in [6.45, 7) is 2.77. The lowest BCUT2D eigenvalue weighted by atomic mass is 10.0. The Balaban J connectivity index is 4.33. The quantitative estimate of drug-likeness (QED) is 0.0230. The molecule has 1 unspecified atom stereocenters. The smallest absolute Gasteiger partial charge is 0.472 e. The Morgan fingerprint density at radius 1 is 0.500 bits per heavy atom. The second-order valence-electron chi connectivity index (χ2n) is 16.6. The highest BCUT2D eigenvalue weighted by atomic mass is 31.2. The number of phosphoric acid groups is 1. The number of hydrogen-bond donors (Lipinski definition) is 3. The van der Waals surface area contributed by atoms with Crippen molar-refractivity contribution >= 4 is 25.7 Å². The maximum atomic E-state index is 12.7. The van der Waals surface area contributed by atoms with E-state index >= 15 is 0 Å². The Labute approximate surface area is 377 Å². The van der Waals surface area contributed by atoms with E-state index in [1.807, 2.05) is 0 Å². The summed E-state index contributed by atoms with van der Waals surface area (Å²) in [6.07, 6.45) is 51.7. The Morgan fingerprint density at radius 2 is 0.855 bits per heavy atom.